The Hall–Kier alpha value is -0.180. The zero-order chi connectivity index (χ0) is 14.0. The van der Waals surface area contributed by atoms with Crippen molar-refractivity contribution in [1.29, 1.82) is 0 Å². The summed E-state index contributed by atoms with van der Waals surface area (Å²) in [6.45, 7) is 3.44. The van der Waals surface area contributed by atoms with Crippen molar-refractivity contribution in [3.63, 3.8) is 0 Å². The molecule has 1 fully saturated rings. The van der Waals surface area contributed by atoms with Gasteiger partial charge in [-0.2, -0.15) is 0 Å². The summed E-state index contributed by atoms with van der Waals surface area (Å²) >= 11 is 8.32. The number of hydrogen-bond donors (Lipinski definition) is 1. The molecule has 1 saturated carbocycles. The minimum Gasteiger partial charge on any atom is -0.309 e. The molecule has 0 radical (unpaired) electrons. The van der Waals surface area contributed by atoms with E-state index in [0.717, 1.165) is 18.3 Å². The van der Waals surface area contributed by atoms with Crippen LogP contribution in [-0.2, 0) is 0 Å². The SMILES string of the molecule is CC1CCCC(CCl)(NCC2CSc3ccccc32)C1. The topological polar surface area (TPSA) is 12.0 Å². The molecule has 1 aliphatic heterocycles. The molecule has 0 spiro atoms. The second-order valence-corrected chi connectivity index (χ2v) is 7.87. The van der Waals surface area contributed by atoms with Crippen molar-refractivity contribution in [2.75, 3.05) is 18.2 Å². The van der Waals surface area contributed by atoms with E-state index >= 15 is 0 Å². The molecule has 1 heterocycles. The lowest BCUT2D eigenvalue weighted by Gasteiger charge is -2.40. The molecule has 3 heteroatoms. The van der Waals surface area contributed by atoms with Gasteiger partial charge in [0.1, 0.15) is 0 Å². The number of benzene rings is 1. The van der Waals surface area contributed by atoms with Gasteiger partial charge in [-0.1, -0.05) is 38.0 Å². The number of thioether (sulfide) groups is 1. The molecule has 1 N–H and O–H groups in total. The van der Waals surface area contributed by atoms with Gasteiger partial charge in [0.2, 0.25) is 0 Å². The van der Waals surface area contributed by atoms with Gasteiger partial charge in [-0.15, -0.1) is 23.4 Å². The molecule has 3 rings (SSSR count). The third kappa shape index (κ3) is 3.03. The number of halogens is 1. The minimum atomic E-state index is 0.182. The quantitative estimate of drug-likeness (QED) is 0.812. The van der Waals surface area contributed by atoms with Crippen LogP contribution in [0.3, 0.4) is 0 Å². The molecular formula is C17H24ClNS. The predicted molar refractivity (Wildman–Crippen MR) is 89.0 cm³/mol. The fourth-order valence-corrected chi connectivity index (χ4v) is 5.32. The maximum atomic E-state index is 6.32. The van der Waals surface area contributed by atoms with Crippen molar-refractivity contribution in [2.45, 2.75) is 49.0 Å². The highest BCUT2D eigenvalue weighted by Gasteiger charge is 2.35. The second kappa shape index (κ2) is 6.29. The van der Waals surface area contributed by atoms with Crippen molar-refractivity contribution >= 4 is 23.4 Å². The first-order valence-electron chi connectivity index (χ1n) is 7.75. The summed E-state index contributed by atoms with van der Waals surface area (Å²) in [5, 5.41) is 3.85. The summed E-state index contributed by atoms with van der Waals surface area (Å²) in [7, 11) is 0. The molecule has 20 heavy (non-hydrogen) atoms. The lowest BCUT2D eigenvalue weighted by molar-refractivity contribution is 0.207. The van der Waals surface area contributed by atoms with Gasteiger partial charge in [0.05, 0.1) is 0 Å². The maximum absolute atomic E-state index is 6.32. The van der Waals surface area contributed by atoms with E-state index in [4.69, 9.17) is 11.6 Å². The van der Waals surface area contributed by atoms with Crippen molar-refractivity contribution in [2.24, 2.45) is 5.92 Å². The highest BCUT2D eigenvalue weighted by atomic mass is 35.5. The third-order valence-corrected chi connectivity index (χ3v) is 6.63. The Morgan fingerprint density at radius 1 is 1.40 bits per heavy atom. The van der Waals surface area contributed by atoms with E-state index in [1.807, 2.05) is 11.8 Å². The first kappa shape index (κ1) is 14.7. The van der Waals surface area contributed by atoms with Gasteiger partial charge in [0.25, 0.3) is 0 Å². The minimum absolute atomic E-state index is 0.182. The first-order chi connectivity index (χ1) is 9.72. The summed E-state index contributed by atoms with van der Waals surface area (Å²) in [5.41, 5.74) is 1.71. The van der Waals surface area contributed by atoms with E-state index in [1.54, 1.807) is 0 Å². The molecule has 1 aromatic rings. The van der Waals surface area contributed by atoms with Crippen LogP contribution >= 0.6 is 23.4 Å². The summed E-state index contributed by atoms with van der Waals surface area (Å²) in [4.78, 5) is 1.47. The molecule has 110 valence electrons. The number of alkyl halides is 1. The number of hydrogen-bond acceptors (Lipinski definition) is 2. The van der Waals surface area contributed by atoms with Gasteiger partial charge in [-0.05, 0) is 30.4 Å². The normalized spacial score (nSPS) is 33.1. The third-order valence-electron chi connectivity index (χ3n) is 4.87. The largest absolute Gasteiger partial charge is 0.309 e. The average molecular weight is 310 g/mol. The van der Waals surface area contributed by atoms with Crippen LogP contribution in [0.25, 0.3) is 0 Å². The van der Waals surface area contributed by atoms with Crippen LogP contribution in [0.2, 0.25) is 0 Å². The smallest absolute Gasteiger partial charge is 0.0406 e. The Kier molecular flexibility index (Phi) is 4.64. The van der Waals surface area contributed by atoms with E-state index in [2.05, 4.69) is 36.5 Å². The Morgan fingerprint density at radius 2 is 2.25 bits per heavy atom. The Labute approximate surface area is 131 Å². The Balaban J connectivity index is 1.64. The van der Waals surface area contributed by atoms with Gasteiger partial charge in [0.15, 0.2) is 0 Å². The number of fused-ring (bicyclic) bond motifs is 1. The summed E-state index contributed by atoms with van der Waals surface area (Å²) in [6, 6.07) is 8.85. The molecule has 1 aromatic carbocycles. The van der Waals surface area contributed by atoms with E-state index < -0.39 is 0 Å². The van der Waals surface area contributed by atoms with Gasteiger partial charge in [-0.25, -0.2) is 0 Å². The van der Waals surface area contributed by atoms with Crippen LogP contribution in [0.4, 0.5) is 0 Å². The molecule has 1 nitrogen and oxygen atoms in total. The van der Waals surface area contributed by atoms with Crippen LogP contribution in [0.5, 0.6) is 0 Å². The maximum Gasteiger partial charge on any atom is 0.0406 e. The lowest BCUT2D eigenvalue weighted by atomic mass is 9.77. The van der Waals surface area contributed by atoms with E-state index in [9.17, 15) is 0 Å². The molecule has 0 bridgehead atoms. The lowest BCUT2D eigenvalue weighted by Crippen LogP contribution is -2.51. The van der Waals surface area contributed by atoms with Gasteiger partial charge in [-0.3, -0.25) is 0 Å². The van der Waals surface area contributed by atoms with Crippen molar-refractivity contribution < 1.29 is 0 Å². The van der Waals surface area contributed by atoms with Gasteiger partial charge >= 0.3 is 0 Å². The predicted octanol–water partition coefficient (Wildman–Crippen LogP) is 4.65. The van der Waals surface area contributed by atoms with Crippen LogP contribution in [0.1, 0.15) is 44.1 Å². The standard InChI is InChI=1S/C17H24ClNS/c1-13-5-4-8-17(9-13,12-18)19-10-14-11-20-16-7-3-2-6-15(14)16/h2-3,6-7,13-14,19H,4-5,8-12H2,1H3. The average Bonchev–Trinajstić information content (AvgIpc) is 2.88. The Morgan fingerprint density at radius 3 is 3.05 bits per heavy atom. The van der Waals surface area contributed by atoms with Crippen LogP contribution in [0, 0.1) is 5.92 Å². The fraction of sp³-hybridized carbons (Fsp3) is 0.647. The number of rotatable bonds is 4. The van der Waals surface area contributed by atoms with E-state index in [-0.39, 0.29) is 5.54 Å². The second-order valence-electron chi connectivity index (χ2n) is 6.54. The highest BCUT2D eigenvalue weighted by Crippen LogP contribution is 2.40. The molecule has 2 aliphatic rings. The summed E-state index contributed by atoms with van der Waals surface area (Å²) in [6.07, 6.45) is 5.15. The zero-order valence-electron chi connectivity index (χ0n) is 12.2. The van der Waals surface area contributed by atoms with E-state index in [1.165, 1.54) is 41.9 Å². The molecule has 0 amide bonds. The fourth-order valence-electron chi connectivity index (χ4n) is 3.73. The molecule has 0 aromatic heterocycles. The van der Waals surface area contributed by atoms with Crippen LogP contribution in [0.15, 0.2) is 29.2 Å². The van der Waals surface area contributed by atoms with Gasteiger partial charge < -0.3 is 5.32 Å². The van der Waals surface area contributed by atoms with Gasteiger partial charge in [0, 0.05) is 34.5 Å². The molecule has 3 unspecified atom stereocenters. The zero-order valence-corrected chi connectivity index (χ0v) is 13.8. The van der Waals surface area contributed by atoms with E-state index in [0.29, 0.717) is 5.92 Å². The molecule has 1 aliphatic carbocycles. The number of nitrogens with one attached hydrogen (secondary N) is 1. The molecule has 0 saturated heterocycles. The highest BCUT2D eigenvalue weighted by molar-refractivity contribution is 7.99. The Bertz CT molecular complexity index is 464. The van der Waals surface area contributed by atoms with Crippen molar-refractivity contribution in [1.82, 2.24) is 5.32 Å². The van der Waals surface area contributed by atoms with Crippen LogP contribution < -0.4 is 5.32 Å². The van der Waals surface area contributed by atoms with Crippen molar-refractivity contribution in [3.05, 3.63) is 29.8 Å². The summed E-state index contributed by atoms with van der Waals surface area (Å²) < 4.78 is 0. The molecular weight excluding hydrogens is 286 g/mol. The first-order valence-corrected chi connectivity index (χ1v) is 9.27. The van der Waals surface area contributed by atoms with Crippen molar-refractivity contribution in [3.8, 4) is 0 Å². The summed E-state index contributed by atoms with van der Waals surface area (Å²) in [5.74, 6) is 3.41. The molecule has 3 atom stereocenters. The monoisotopic (exact) mass is 309 g/mol. The van der Waals surface area contributed by atoms with Crippen LogP contribution in [-0.4, -0.2) is 23.7 Å².